The molecule has 2 N–H and O–H groups in total. The smallest absolute Gasteiger partial charge is 0.176 e. The summed E-state index contributed by atoms with van der Waals surface area (Å²) in [6.45, 7) is 2.57. The number of hydrogen-bond donors (Lipinski definition) is 1. The highest BCUT2D eigenvalue weighted by Gasteiger charge is 2.10. The SMILES string of the molecule is CC#CCOc1c(Br)cc(CN)cc1OC. The summed E-state index contributed by atoms with van der Waals surface area (Å²) in [5.74, 6) is 6.91. The third-order valence-electron chi connectivity index (χ3n) is 1.99. The van der Waals surface area contributed by atoms with Crippen molar-refractivity contribution >= 4 is 15.9 Å². The van der Waals surface area contributed by atoms with E-state index in [0.29, 0.717) is 24.7 Å². The second-order valence-electron chi connectivity index (χ2n) is 3.03. The van der Waals surface area contributed by atoms with E-state index >= 15 is 0 Å². The molecule has 0 aromatic heterocycles. The maximum atomic E-state index is 5.57. The van der Waals surface area contributed by atoms with Crippen molar-refractivity contribution in [1.29, 1.82) is 0 Å². The van der Waals surface area contributed by atoms with Gasteiger partial charge in [-0.3, -0.25) is 0 Å². The van der Waals surface area contributed by atoms with Crippen LogP contribution in [0.4, 0.5) is 0 Å². The van der Waals surface area contributed by atoms with Gasteiger partial charge in [0, 0.05) is 6.54 Å². The first kappa shape index (κ1) is 12.9. The number of benzene rings is 1. The topological polar surface area (TPSA) is 44.5 Å². The summed E-state index contributed by atoms with van der Waals surface area (Å²) < 4.78 is 11.6. The Bertz CT molecular complexity index is 421. The molecule has 86 valence electrons. The van der Waals surface area contributed by atoms with Crippen LogP contribution >= 0.6 is 15.9 Å². The summed E-state index contributed by atoms with van der Waals surface area (Å²) in [6.07, 6.45) is 0. The van der Waals surface area contributed by atoms with Crippen molar-refractivity contribution in [1.82, 2.24) is 0 Å². The Hall–Kier alpha value is -1.18. The first-order chi connectivity index (χ1) is 7.72. The monoisotopic (exact) mass is 283 g/mol. The highest BCUT2D eigenvalue weighted by atomic mass is 79.9. The molecule has 0 heterocycles. The molecule has 0 atom stereocenters. The summed E-state index contributed by atoms with van der Waals surface area (Å²) in [4.78, 5) is 0. The van der Waals surface area contributed by atoms with E-state index in [0.717, 1.165) is 10.0 Å². The Morgan fingerprint density at radius 2 is 2.19 bits per heavy atom. The van der Waals surface area contributed by atoms with Crippen LogP contribution in [0.2, 0.25) is 0 Å². The van der Waals surface area contributed by atoms with Gasteiger partial charge in [-0.15, -0.1) is 5.92 Å². The summed E-state index contributed by atoms with van der Waals surface area (Å²) in [6, 6.07) is 3.77. The maximum Gasteiger partial charge on any atom is 0.176 e. The van der Waals surface area contributed by atoms with Gasteiger partial charge in [-0.25, -0.2) is 0 Å². The molecule has 1 rings (SSSR count). The minimum atomic E-state index is 0.341. The first-order valence-electron chi connectivity index (χ1n) is 4.81. The predicted molar refractivity (Wildman–Crippen MR) is 67.5 cm³/mol. The highest BCUT2D eigenvalue weighted by molar-refractivity contribution is 9.10. The molecule has 0 radical (unpaired) electrons. The molecule has 0 unspecified atom stereocenters. The normalized spacial score (nSPS) is 9.25. The lowest BCUT2D eigenvalue weighted by Gasteiger charge is -2.12. The lowest BCUT2D eigenvalue weighted by molar-refractivity contribution is 0.328. The number of hydrogen-bond acceptors (Lipinski definition) is 3. The molecule has 0 spiro atoms. The highest BCUT2D eigenvalue weighted by Crippen LogP contribution is 2.36. The van der Waals surface area contributed by atoms with Crippen LogP contribution in [0.15, 0.2) is 16.6 Å². The van der Waals surface area contributed by atoms with Crippen LogP contribution in [0.1, 0.15) is 12.5 Å². The van der Waals surface area contributed by atoms with Crippen LogP contribution in [0, 0.1) is 11.8 Å². The average molecular weight is 284 g/mol. The molecule has 0 bridgehead atoms. The van der Waals surface area contributed by atoms with Gasteiger partial charge in [0.05, 0.1) is 11.6 Å². The van der Waals surface area contributed by atoms with Gasteiger partial charge in [0.25, 0.3) is 0 Å². The van der Waals surface area contributed by atoms with E-state index in [-0.39, 0.29) is 0 Å². The van der Waals surface area contributed by atoms with Gasteiger partial charge in [0.1, 0.15) is 6.61 Å². The van der Waals surface area contributed by atoms with E-state index in [2.05, 4.69) is 27.8 Å². The fourth-order valence-corrected chi connectivity index (χ4v) is 1.82. The van der Waals surface area contributed by atoms with Crippen molar-refractivity contribution in [2.75, 3.05) is 13.7 Å². The summed E-state index contributed by atoms with van der Waals surface area (Å²) in [5, 5.41) is 0. The molecular formula is C12H14BrNO2. The molecule has 0 amide bonds. The lowest BCUT2D eigenvalue weighted by Crippen LogP contribution is -2.01. The molecule has 0 aliphatic carbocycles. The third-order valence-corrected chi connectivity index (χ3v) is 2.58. The molecule has 4 heteroatoms. The fraction of sp³-hybridized carbons (Fsp3) is 0.333. The van der Waals surface area contributed by atoms with Gasteiger partial charge in [0.2, 0.25) is 0 Å². The van der Waals surface area contributed by atoms with Crippen LogP contribution < -0.4 is 15.2 Å². The molecule has 0 fully saturated rings. The van der Waals surface area contributed by atoms with Gasteiger partial charge >= 0.3 is 0 Å². The standard InChI is InChI=1S/C12H14BrNO2/c1-3-4-5-16-12-10(13)6-9(8-14)7-11(12)15-2/h6-7H,5,8,14H2,1-2H3. The van der Waals surface area contributed by atoms with Crippen LogP contribution in [0.3, 0.4) is 0 Å². The van der Waals surface area contributed by atoms with E-state index in [1.807, 2.05) is 12.1 Å². The Morgan fingerprint density at radius 3 is 2.75 bits per heavy atom. The molecule has 3 nitrogen and oxygen atoms in total. The number of rotatable bonds is 4. The van der Waals surface area contributed by atoms with E-state index in [1.54, 1.807) is 14.0 Å². The second-order valence-corrected chi connectivity index (χ2v) is 3.88. The molecule has 0 saturated carbocycles. The number of ether oxygens (including phenoxy) is 2. The van der Waals surface area contributed by atoms with E-state index in [1.165, 1.54) is 0 Å². The molecular weight excluding hydrogens is 270 g/mol. The Labute approximate surface area is 104 Å². The van der Waals surface area contributed by atoms with Crippen molar-refractivity contribution in [3.8, 4) is 23.3 Å². The maximum absolute atomic E-state index is 5.57. The van der Waals surface area contributed by atoms with E-state index < -0.39 is 0 Å². The van der Waals surface area contributed by atoms with Gasteiger partial charge in [-0.1, -0.05) is 5.92 Å². The summed E-state index contributed by atoms with van der Waals surface area (Å²) in [7, 11) is 1.60. The van der Waals surface area contributed by atoms with E-state index in [4.69, 9.17) is 15.2 Å². The summed E-state index contributed by atoms with van der Waals surface area (Å²) in [5.41, 5.74) is 6.56. The quantitative estimate of drug-likeness (QED) is 0.863. The lowest BCUT2D eigenvalue weighted by atomic mass is 10.2. The van der Waals surface area contributed by atoms with Crippen LogP contribution in [0.25, 0.3) is 0 Å². The minimum Gasteiger partial charge on any atom is -0.493 e. The van der Waals surface area contributed by atoms with Crippen molar-refractivity contribution in [3.05, 3.63) is 22.2 Å². The zero-order valence-corrected chi connectivity index (χ0v) is 10.9. The van der Waals surface area contributed by atoms with Crippen molar-refractivity contribution in [2.45, 2.75) is 13.5 Å². The Balaban J connectivity index is 2.99. The van der Waals surface area contributed by atoms with Gasteiger partial charge in [0.15, 0.2) is 11.5 Å². The fourth-order valence-electron chi connectivity index (χ4n) is 1.21. The summed E-state index contributed by atoms with van der Waals surface area (Å²) >= 11 is 3.42. The predicted octanol–water partition coefficient (Wildman–Crippen LogP) is 2.32. The minimum absolute atomic E-state index is 0.341. The zero-order chi connectivity index (χ0) is 12.0. The number of nitrogens with two attached hydrogens (primary N) is 1. The van der Waals surface area contributed by atoms with Gasteiger partial charge < -0.3 is 15.2 Å². The third kappa shape index (κ3) is 3.16. The first-order valence-corrected chi connectivity index (χ1v) is 5.61. The number of halogens is 1. The van der Waals surface area contributed by atoms with Gasteiger partial charge in [-0.05, 0) is 40.5 Å². The molecule has 1 aromatic carbocycles. The molecule has 0 saturated heterocycles. The second kappa shape index (κ2) is 6.41. The van der Waals surface area contributed by atoms with Crippen LogP contribution in [-0.4, -0.2) is 13.7 Å². The molecule has 16 heavy (non-hydrogen) atoms. The molecule has 1 aromatic rings. The zero-order valence-electron chi connectivity index (χ0n) is 9.34. The number of methoxy groups -OCH3 is 1. The van der Waals surface area contributed by atoms with Gasteiger partial charge in [-0.2, -0.15) is 0 Å². The van der Waals surface area contributed by atoms with Crippen molar-refractivity contribution < 1.29 is 9.47 Å². The molecule has 0 aliphatic heterocycles. The Morgan fingerprint density at radius 1 is 1.44 bits per heavy atom. The van der Waals surface area contributed by atoms with Crippen LogP contribution in [-0.2, 0) is 6.54 Å². The van der Waals surface area contributed by atoms with E-state index in [9.17, 15) is 0 Å². The Kier molecular flexibility index (Phi) is 5.17. The van der Waals surface area contributed by atoms with Crippen molar-refractivity contribution in [2.24, 2.45) is 5.73 Å². The van der Waals surface area contributed by atoms with Crippen molar-refractivity contribution in [3.63, 3.8) is 0 Å². The molecule has 0 aliphatic rings. The van der Waals surface area contributed by atoms with Crippen LogP contribution in [0.5, 0.6) is 11.5 Å². The average Bonchev–Trinajstić information content (AvgIpc) is 2.30. The largest absolute Gasteiger partial charge is 0.493 e.